The van der Waals surface area contributed by atoms with Crippen molar-refractivity contribution in [1.29, 1.82) is 0 Å². The van der Waals surface area contributed by atoms with Crippen LogP contribution in [0.4, 0.5) is 0 Å². The minimum Gasteiger partial charge on any atom is -0.466 e. The molecule has 1 aliphatic carbocycles. The van der Waals surface area contributed by atoms with Gasteiger partial charge in [-0.25, -0.2) is 0 Å². The van der Waals surface area contributed by atoms with Gasteiger partial charge in [-0.1, -0.05) is 13.3 Å². The molecule has 0 amide bonds. The van der Waals surface area contributed by atoms with Gasteiger partial charge in [-0.15, -0.1) is 0 Å². The Hall–Kier alpha value is -0.610. The van der Waals surface area contributed by atoms with Gasteiger partial charge in [0.1, 0.15) is 0 Å². The second-order valence-corrected chi connectivity index (χ2v) is 6.20. The van der Waals surface area contributed by atoms with Crippen molar-refractivity contribution in [3.8, 4) is 0 Å². The Morgan fingerprint density at radius 1 is 1.30 bits per heavy atom. The average molecular weight is 285 g/mol. The first-order chi connectivity index (χ1) is 9.56. The molecule has 0 bridgehead atoms. The Balaban J connectivity index is 1.95. The molecule has 0 spiro atoms. The summed E-state index contributed by atoms with van der Waals surface area (Å²) in [5, 5.41) is 13.8. The highest BCUT2D eigenvalue weighted by Crippen LogP contribution is 2.31. The molecule has 0 atom stereocenters. The van der Waals surface area contributed by atoms with Crippen LogP contribution in [0.2, 0.25) is 0 Å². The standard InChI is InChI=1S/C16H31NO3/c1-3-20-15(18)7-5-4-6-12-17-13-16(19)10-8-14(2)9-11-16/h14,17,19H,3-13H2,1-2H3. The molecular formula is C16H31NO3. The molecule has 1 aliphatic rings. The van der Waals surface area contributed by atoms with Gasteiger partial charge in [0.25, 0.3) is 0 Å². The van der Waals surface area contributed by atoms with E-state index in [1.807, 2.05) is 6.92 Å². The molecule has 4 nitrogen and oxygen atoms in total. The second kappa shape index (κ2) is 9.35. The summed E-state index contributed by atoms with van der Waals surface area (Å²) in [5.74, 6) is 0.671. The van der Waals surface area contributed by atoms with Gasteiger partial charge in [-0.2, -0.15) is 0 Å². The maximum Gasteiger partial charge on any atom is 0.305 e. The van der Waals surface area contributed by atoms with E-state index in [0.717, 1.165) is 57.4 Å². The van der Waals surface area contributed by atoms with E-state index in [1.165, 1.54) is 0 Å². The molecule has 2 N–H and O–H groups in total. The number of rotatable bonds is 9. The highest BCUT2D eigenvalue weighted by Gasteiger charge is 2.30. The molecule has 0 heterocycles. The molecule has 0 radical (unpaired) electrons. The molecule has 0 aliphatic heterocycles. The van der Waals surface area contributed by atoms with Crippen molar-refractivity contribution in [3.05, 3.63) is 0 Å². The van der Waals surface area contributed by atoms with Crippen LogP contribution >= 0.6 is 0 Å². The van der Waals surface area contributed by atoms with E-state index in [1.54, 1.807) is 0 Å². The molecule has 0 aromatic rings. The molecule has 118 valence electrons. The topological polar surface area (TPSA) is 58.6 Å². The van der Waals surface area contributed by atoms with Crippen molar-refractivity contribution in [1.82, 2.24) is 5.32 Å². The van der Waals surface area contributed by atoms with E-state index in [4.69, 9.17) is 4.74 Å². The maximum atomic E-state index is 11.1. The lowest BCUT2D eigenvalue weighted by atomic mass is 9.79. The van der Waals surface area contributed by atoms with Crippen LogP contribution in [0.15, 0.2) is 0 Å². The number of hydrogen-bond acceptors (Lipinski definition) is 4. The summed E-state index contributed by atoms with van der Waals surface area (Å²) in [7, 11) is 0. The zero-order valence-electron chi connectivity index (χ0n) is 13.1. The van der Waals surface area contributed by atoms with Crippen LogP contribution in [0.25, 0.3) is 0 Å². The van der Waals surface area contributed by atoms with Gasteiger partial charge in [0.2, 0.25) is 0 Å². The van der Waals surface area contributed by atoms with E-state index in [0.29, 0.717) is 19.6 Å². The number of hydrogen-bond donors (Lipinski definition) is 2. The first kappa shape index (κ1) is 17.4. The molecular weight excluding hydrogens is 254 g/mol. The molecule has 1 saturated carbocycles. The van der Waals surface area contributed by atoms with Gasteiger partial charge in [0, 0.05) is 13.0 Å². The second-order valence-electron chi connectivity index (χ2n) is 6.20. The highest BCUT2D eigenvalue weighted by atomic mass is 16.5. The number of carbonyl (C=O) groups excluding carboxylic acids is 1. The van der Waals surface area contributed by atoms with Crippen molar-refractivity contribution in [2.45, 2.75) is 70.8 Å². The molecule has 1 fully saturated rings. The van der Waals surface area contributed by atoms with Crippen molar-refractivity contribution in [3.63, 3.8) is 0 Å². The van der Waals surface area contributed by atoms with Gasteiger partial charge in [-0.05, 0) is 57.9 Å². The molecule has 0 saturated heterocycles. The number of ether oxygens (including phenoxy) is 1. The molecule has 0 aromatic carbocycles. The summed E-state index contributed by atoms with van der Waals surface area (Å²) < 4.78 is 4.88. The number of aliphatic hydroxyl groups is 1. The Morgan fingerprint density at radius 3 is 2.65 bits per heavy atom. The summed E-state index contributed by atoms with van der Waals surface area (Å²) in [5.41, 5.74) is -0.489. The Morgan fingerprint density at radius 2 is 2.00 bits per heavy atom. The quantitative estimate of drug-likeness (QED) is 0.505. The van der Waals surface area contributed by atoms with E-state index in [2.05, 4.69) is 12.2 Å². The summed E-state index contributed by atoms with van der Waals surface area (Å²) in [4.78, 5) is 11.1. The predicted octanol–water partition coefficient (Wildman–Crippen LogP) is 2.64. The minimum atomic E-state index is -0.489. The summed E-state index contributed by atoms with van der Waals surface area (Å²) in [6, 6.07) is 0. The van der Waals surface area contributed by atoms with Crippen LogP contribution in [0.5, 0.6) is 0 Å². The lowest BCUT2D eigenvalue weighted by Crippen LogP contribution is -2.43. The third-order valence-corrected chi connectivity index (χ3v) is 4.20. The van der Waals surface area contributed by atoms with Crippen molar-refractivity contribution in [2.24, 2.45) is 5.92 Å². The van der Waals surface area contributed by atoms with Gasteiger partial charge in [-0.3, -0.25) is 4.79 Å². The minimum absolute atomic E-state index is 0.0916. The zero-order valence-corrected chi connectivity index (χ0v) is 13.1. The third-order valence-electron chi connectivity index (χ3n) is 4.20. The molecule has 4 heteroatoms. The Bertz CT molecular complexity index is 273. The Kier molecular flexibility index (Phi) is 8.15. The number of unbranched alkanes of at least 4 members (excludes halogenated alkanes) is 2. The van der Waals surface area contributed by atoms with Crippen molar-refractivity contribution in [2.75, 3.05) is 19.7 Å². The van der Waals surface area contributed by atoms with Crippen LogP contribution in [0.3, 0.4) is 0 Å². The van der Waals surface area contributed by atoms with Crippen LogP contribution in [0.1, 0.15) is 65.2 Å². The molecule has 0 aromatic heterocycles. The summed E-state index contributed by atoms with van der Waals surface area (Å²) in [6.07, 6.45) is 7.61. The fourth-order valence-corrected chi connectivity index (χ4v) is 2.73. The smallest absolute Gasteiger partial charge is 0.305 e. The fraction of sp³-hybridized carbons (Fsp3) is 0.938. The van der Waals surface area contributed by atoms with Crippen LogP contribution in [-0.2, 0) is 9.53 Å². The number of carbonyl (C=O) groups is 1. The summed E-state index contributed by atoms with van der Waals surface area (Å²) in [6.45, 7) is 6.19. The first-order valence-corrected chi connectivity index (χ1v) is 8.14. The van der Waals surface area contributed by atoms with Crippen LogP contribution in [-0.4, -0.2) is 36.4 Å². The SMILES string of the molecule is CCOC(=O)CCCCCNCC1(O)CCC(C)CC1. The number of nitrogens with one attached hydrogen (secondary N) is 1. The van der Waals surface area contributed by atoms with Crippen LogP contribution < -0.4 is 5.32 Å². The van der Waals surface area contributed by atoms with Crippen molar-refractivity contribution >= 4 is 5.97 Å². The number of esters is 1. The van der Waals surface area contributed by atoms with E-state index < -0.39 is 5.60 Å². The third kappa shape index (κ3) is 7.25. The van der Waals surface area contributed by atoms with Crippen molar-refractivity contribution < 1.29 is 14.6 Å². The molecule has 0 unspecified atom stereocenters. The fourth-order valence-electron chi connectivity index (χ4n) is 2.73. The van der Waals surface area contributed by atoms with E-state index >= 15 is 0 Å². The van der Waals surface area contributed by atoms with Gasteiger partial charge in [0.05, 0.1) is 12.2 Å². The van der Waals surface area contributed by atoms with Crippen LogP contribution in [0, 0.1) is 5.92 Å². The first-order valence-electron chi connectivity index (χ1n) is 8.14. The zero-order chi connectivity index (χ0) is 14.8. The lowest BCUT2D eigenvalue weighted by Gasteiger charge is -2.35. The van der Waals surface area contributed by atoms with Gasteiger partial charge >= 0.3 is 5.97 Å². The maximum absolute atomic E-state index is 11.1. The summed E-state index contributed by atoms with van der Waals surface area (Å²) >= 11 is 0. The largest absolute Gasteiger partial charge is 0.466 e. The lowest BCUT2D eigenvalue weighted by molar-refractivity contribution is -0.143. The van der Waals surface area contributed by atoms with E-state index in [-0.39, 0.29) is 5.97 Å². The monoisotopic (exact) mass is 285 g/mol. The average Bonchev–Trinajstić information content (AvgIpc) is 2.42. The van der Waals surface area contributed by atoms with Gasteiger partial charge in [0.15, 0.2) is 0 Å². The normalized spacial score (nSPS) is 26.4. The van der Waals surface area contributed by atoms with Gasteiger partial charge < -0.3 is 15.2 Å². The Labute approximate surface area is 123 Å². The highest BCUT2D eigenvalue weighted by molar-refractivity contribution is 5.69. The van der Waals surface area contributed by atoms with E-state index in [9.17, 15) is 9.90 Å². The predicted molar refractivity (Wildman–Crippen MR) is 80.6 cm³/mol. The molecule has 20 heavy (non-hydrogen) atoms. The molecule has 1 rings (SSSR count).